The van der Waals surface area contributed by atoms with Gasteiger partial charge in [0.25, 0.3) is 0 Å². The van der Waals surface area contributed by atoms with E-state index in [-0.39, 0.29) is 5.41 Å². The van der Waals surface area contributed by atoms with Crippen LogP contribution in [0.2, 0.25) is 0 Å². The molecular formula is C13H17N3OS. The molecule has 0 aliphatic rings. The average molecular weight is 263 g/mol. The zero-order valence-electron chi connectivity index (χ0n) is 10.8. The number of hydrogen-bond donors (Lipinski definition) is 1. The van der Waals surface area contributed by atoms with Crippen molar-refractivity contribution in [2.75, 3.05) is 19.0 Å². The molecule has 0 aliphatic heterocycles. The molecule has 2 heterocycles. The first-order valence-electron chi connectivity index (χ1n) is 5.77. The fraction of sp³-hybridized carbons (Fsp3) is 0.385. The van der Waals surface area contributed by atoms with Gasteiger partial charge in [-0.25, -0.2) is 4.98 Å². The molecule has 2 rings (SSSR count). The summed E-state index contributed by atoms with van der Waals surface area (Å²) in [5, 5.41) is 5.35. The van der Waals surface area contributed by atoms with Crippen LogP contribution in [-0.2, 0) is 5.41 Å². The van der Waals surface area contributed by atoms with Crippen molar-refractivity contribution in [3.05, 3.63) is 34.7 Å². The summed E-state index contributed by atoms with van der Waals surface area (Å²) in [5.74, 6) is 1.17. The molecule has 0 unspecified atom stereocenters. The quantitative estimate of drug-likeness (QED) is 0.901. The number of hydrogen-bond acceptors (Lipinski definition) is 5. The van der Waals surface area contributed by atoms with E-state index in [1.54, 1.807) is 30.7 Å². The van der Waals surface area contributed by atoms with Crippen molar-refractivity contribution in [1.82, 2.24) is 9.97 Å². The van der Waals surface area contributed by atoms with Gasteiger partial charge < -0.3 is 10.1 Å². The van der Waals surface area contributed by atoms with Gasteiger partial charge in [0.2, 0.25) is 11.8 Å². The molecule has 0 aliphatic carbocycles. The molecule has 5 heteroatoms. The monoisotopic (exact) mass is 263 g/mol. The summed E-state index contributed by atoms with van der Waals surface area (Å²) >= 11 is 1.77. The van der Waals surface area contributed by atoms with E-state index in [9.17, 15) is 0 Å². The minimum Gasteiger partial charge on any atom is -0.481 e. The molecule has 18 heavy (non-hydrogen) atoms. The molecule has 0 saturated carbocycles. The summed E-state index contributed by atoms with van der Waals surface area (Å²) in [4.78, 5) is 9.75. The number of methoxy groups -OCH3 is 1. The largest absolute Gasteiger partial charge is 0.481 e. The smallest absolute Gasteiger partial charge is 0.225 e. The minimum atomic E-state index is 0.0562. The van der Waals surface area contributed by atoms with Crippen LogP contribution in [0.5, 0.6) is 5.88 Å². The molecular weight excluding hydrogens is 246 g/mol. The van der Waals surface area contributed by atoms with Gasteiger partial charge in [0.15, 0.2) is 0 Å². The average Bonchev–Trinajstić information content (AvgIpc) is 2.91. The van der Waals surface area contributed by atoms with Gasteiger partial charge in [-0.1, -0.05) is 19.9 Å². The van der Waals surface area contributed by atoms with Crippen LogP contribution in [0.25, 0.3) is 0 Å². The van der Waals surface area contributed by atoms with Gasteiger partial charge in [0, 0.05) is 29.1 Å². The van der Waals surface area contributed by atoms with Crippen LogP contribution < -0.4 is 10.1 Å². The number of nitrogens with zero attached hydrogens (tertiary/aromatic N) is 2. The summed E-state index contributed by atoms with van der Waals surface area (Å²) in [7, 11) is 1.60. The number of thiophene rings is 1. The molecule has 2 aromatic rings. The predicted molar refractivity (Wildman–Crippen MR) is 74.4 cm³/mol. The Morgan fingerprint density at radius 2 is 2.22 bits per heavy atom. The normalized spacial score (nSPS) is 11.3. The highest BCUT2D eigenvalue weighted by atomic mass is 32.1. The van der Waals surface area contributed by atoms with Gasteiger partial charge in [0.05, 0.1) is 7.11 Å². The predicted octanol–water partition coefficient (Wildman–Crippen LogP) is 2.94. The summed E-state index contributed by atoms with van der Waals surface area (Å²) in [5.41, 5.74) is 0.0562. The number of ether oxygens (including phenoxy) is 1. The van der Waals surface area contributed by atoms with E-state index in [2.05, 4.69) is 46.6 Å². The Balaban J connectivity index is 2.02. The lowest BCUT2D eigenvalue weighted by Crippen LogP contribution is -2.27. The molecule has 96 valence electrons. The van der Waals surface area contributed by atoms with Crippen LogP contribution in [0.4, 0.5) is 5.95 Å². The van der Waals surface area contributed by atoms with Gasteiger partial charge in [0.1, 0.15) is 0 Å². The lowest BCUT2D eigenvalue weighted by molar-refractivity contribution is 0.397. The van der Waals surface area contributed by atoms with Gasteiger partial charge in [-0.15, -0.1) is 11.3 Å². The summed E-state index contributed by atoms with van der Waals surface area (Å²) in [6.07, 6.45) is 1.69. The molecule has 0 spiro atoms. The summed E-state index contributed by atoms with van der Waals surface area (Å²) in [6, 6.07) is 5.96. The van der Waals surface area contributed by atoms with Crippen molar-refractivity contribution < 1.29 is 4.74 Å². The maximum Gasteiger partial charge on any atom is 0.225 e. The van der Waals surface area contributed by atoms with Gasteiger partial charge in [-0.3, -0.25) is 0 Å². The molecule has 4 nitrogen and oxygen atoms in total. The summed E-state index contributed by atoms with van der Waals surface area (Å²) in [6.45, 7) is 5.18. The molecule has 0 atom stereocenters. The maximum atomic E-state index is 5.07. The first kappa shape index (κ1) is 12.8. The highest BCUT2D eigenvalue weighted by Crippen LogP contribution is 2.27. The van der Waals surface area contributed by atoms with Crippen LogP contribution in [0.3, 0.4) is 0 Å². The van der Waals surface area contributed by atoms with Crippen molar-refractivity contribution in [2.24, 2.45) is 0 Å². The highest BCUT2D eigenvalue weighted by molar-refractivity contribution is 7.10. The Labute approximate surface area is 111 Å². The first-order chi connectivity index (χ1) is 8.62. The van der Waals surface area contributed by atoms with E-state index in [0.717, 1.165) is 6.54 Å². The second-order valence-electron chi connectivity index (χ2n) is 4.64. The van der Waals surface area contributed by atoms with Crippen molar-refractivity contribution in [3.8, 4) is 5.88 Å². The molecule has 2 aromatic heterocycles. The third-order valence-corrected chi connectivity index (χ3v) is 3.95. The number of rotatable bonds is 5. The van der Waals surface area contributed by atoms with Crippen LogP contribution in [0.15, 0.2) is 29.8 Å². The fourth-order valence-electron chi connectivity index (χ4n) is 1.59. The molecule has 0 amide bonds. The van der Waals surface area contributed by atoms with Crippen molar-refractivity contribution in [1.29, 1.82) is 0 Å². The van der Waals surface area contributed by atoms with E-state index in [4.69, 9.17) is 4.74 Å². The van der Waals surface area contributed by atoms with Crippen molar-refractivity contribution >= 4 is 17.3 Å². The van der Waals surface area contributed by atoms with Gasteiger partial charge >= 0.3 is 0 Å². The summed E-state index contributed by atoms with van der Waals surface area (Å²) < 4.78 is 5.07. The fourth-order valence-corrected chi connectivity index (χ4v) is 2.44. The Bertz CT molecular complexity index is 497. The molecule has 0 saturated heterocycles. The second-order valence-corrected chi connectivity index (χ2v) is 5.59. The van der Waals surface area contributed by atoms with E-state index < -0.39 is 0 Å². The van der Waals surface area contributed by atoms with E-state index in [0.29, 0.717) is 11.8 Å². The molecule has 0 fully saturated rings. The SMILES string of the molecule is COc1ccnc(NCC(C)(C)c2cccs2)n1. The van der Waals surface area contributed by atoms with Crippen molar-refractivity contribution in [3.63, 3.8) is 0 Å². The third-order valence-electron chi connectivity index (χ3n) is 2.72. The second kappa shape index (κ2) is 5.35. The van der Waals surface area contributed by atoms with Crippen LogP contribution in [-0.4, -0.2) is 23.6 Å². The first-order valence-corrected chi connectivity index (χ1v) is 6.65. The Morgan fingerprint density at radius 3 is 2.89 bits per heavy atom. The minimum absolute atomic E-state index is 0.0562. The van der Waals surface area contributed by atoms with E-state index in [1.165, 1.54) is 4.88 Å². The van der Waals surface area contributed by atoms with Gasteiger partial charge in [-0.2, -0.15) is 4.98 Å². The van der Waals surface area contributed by atoms with Crippen LogP contribution >= 0.6 is 11.3 Å². The number of aromatic nitrogens is 2. The van der Waals surface area contributed by atoms with Crippen molar-refractivity contribution in [2.45, 2.75) is 19.3 Å². The van der Waals surface area contributed by atoms with Gasteiger partial charge in [-0.05, 0) is 11.4 Å². The number of nitrogens with one attached hydrogen (secondary N) is 1. The number of anilines is 1. The van der Waals surface area contributed by atoms with Crippen LogP contribution in [0, 0.1) is 0 Å². The topological polar surface area (TPSA) is 47.0 Å². The van der Waals surface area contributed by atoms with Crippen LogP contribution in [0.1, 0.15) is 18.7 Å². The lowest BCUT2D eigenvalue weighted by Gasteiger charge is -2.23. The molecule has 1 N–H and O–H groups in total. The molecule has 0 aromatic carbocycles. The Hall–Kier alpha value is -1.62. The van der Waals surface area contributed by atoms with E-state index >= 15 is 0 Å². The van der Waals surface area contributed by atoms with E-state index in [1.807, 2.05) is 0 Å². The Morgan fingerprint density at radius 1 is 1.39 bits per heavy atom. The zero-order chi connectivity index (χ0) is 13.0. The third kappa shape index (κ3) is 2.98. The maximum absolute atomic E-state index is 5.07. The molecule has 0 radical (unpaired) electrons. The standard InChI is InChI=1S/C13H17N3OS/c1-13(2,10-5-4-8-18-10)9-15-12-14-7-6-11(16-12)17-3/h4-8H,9H2,1-3H3,(H,14,15,16). The molecule has 0 bridgehead atoms. The highest BCUT2D eigenvalue weighted by Gasteiger charge is 2.21. The Kier molecular flexibility index (Phi) is 3.81. The lowest BCUT2D eigenvalue weighted by atomic mass is 9.91. The zero-order valence-corrected chi connectivity index (χ0v) is 11.6.